The van der Waals surface area contributed by atoms with Gasteiger partial charge in [0.2, 0.25) is 5.95 Å². The standard InChI is InChI=1S/C18H23N3O2/c1-13-5-6-15(11-21-18-19-9-14(2)10-20-18)17(8-13)23-12-16-4-3-7-22-16/h5-6,8-10,16H,3-4,7,11-12H2,1-2H3,(H,19,20,21). The highest BCUT2D eigenvalue weighted by atomic mass is 16.5. The summed E-state index contributed by atoms with van der Waals surface area (Å²) in [5, 5.41) is 3.24. The molecule has 1 fully saturated rings. The molecule has 1 aromatic carbocycles. The van der Waals surface area contributed by atoms with Gasteiger partial charge in [-0.1, -0.05) is 12.1 Å². The van der Waals surface area contributed by atoms with Crippen LogP contribution in [0.1, 0.15) is 29.5 Å². The molecule has 0 bridgehead atoms. The molecule has 1 N–H and O–H groups in total. The Hall–Kier alpha value is -2.14. The van der Waals surface area contributed by atoms with Crippen molar-refractivity contribution in [1.82, 2.24) is 9.97 Å². The summed E-state index contributed by atoms with van der Waals surface area (Å²) in [6.45, 7) is 6.13. The molecule has 3 rings (SSSR count). The Kier molecular flexibility index (Phi) is 5.08. The maximum atomic E-state index is 6.00. The molecule has 2 heterocycles. The highest BCUT2D eigenvalue weighted by Gasteiger charge is 2.16. The first-order valence-electron chi connectivity index (χ1n) is 8.07. The summed E-state index contributed by atoms with van der Waals surface area (Å²) in [6.07, 6.45) is 6.03. The van der Waals surface area contributed by atoms with Crippen molar-refractivity contribution < 1.29 is 9.47 Å². The predicted molar refractivity (Wildman–Crippen MR) is 89.7 cm³/mol. The Morgan fingerprint density at radius 3 is 2.78 bits per heavy atom. The molecule has 5 heteroatoms. The topological polar surface area (TPSA) is 56.3 Å². The van der Waals surface area contributed by atoms with Crippen LogP contribution >= 0.6 is 0 Å². The first kappa shape index (κ1) is 15.7. The van der Waals surface area contributed by atoms with Gasteiger partial charge < -0.3 is 14.8 Å². The second-order valence-electron chi connectivity index (χ2n) is 5.99. The third-order valence-electron chi connectivity index (χ3n) is 3.89. The summed E-state index contributed by atoms with van der Waals surface area (Å²) in [4.78, 5) is 8.53. The fourth-order valence-corrected chi connectivity index (χ4v) is 2.56. The molecule has 5 nitrogen and oxygen atoms in total. The van der Waals surface area contributed by atoms with E-state index in [-0.39, 0.29) is 6.10 Å². The van der Waals surface area contributed by atoms with Crippen LogP contribution in [-0.2, 0) is 11.3 Å². The molecule has 1 aromatic heterocycles. The molecular weight excluding hydrogens is 290 g/mol. The van der Waals surface area contributed by atoms with Crippen LogP contribution in [0.2, 0.25) is 0 Å². The third-order valence-corrected chi connectivity index (χ3v) is 3.89. The second-order valence-corrected chi connectivity index (χ2v) is 5.99. The lowest BCUT2D eigenvalue weighted by Crippen LogP contribution is -2.17. The number of hydrogen-bond acceptors (Lipinski definition) is 5. The first-order chi connectivity index (χ1) is 11.2. The number of anilines is 1. The van der Waals surface area contributed by atoms with Crippen LogP contribution in [0, 0.1) is 13.8 Å². The minimum Gasteiger partial charge on any atom is -0.491 e. The average Bonchev–Trinajstić information content (AvgIpc) is 3.07. The molecule has 2 aromatic rings. The molecule has 23 heavy (non-hydrogen) atoms. The number of aryl methyl sites for hydroxylation is 2. The zero-order valence-corrected chi connectivity index (χ0v) is 13.7. The summed E-state index contributed by atoms with van der Waals surface area (Å²) in [7, 11) is 0. The van der Waals surface area contributed by atoms with Gasteiger partial charge in [0.1, 0.15) is 12.4 Å². The molecule has 122 valence electrons. The Bertz CT molecular complexity index is 637. The largest absolute Gasteiger partial charge is 0.491 e. The number of nitrogens with zero attached hydrogens (tertiary/aromatic N) is 2. The Morgan fingerprint density at radius 2 is 2.04 bits per heavy atom. The van der Waals surface area contributed by atoms with Gasteiger partial charge in [0.15, 0.2) is 0 Å². The van der Waals surface area contributed by atoms with E-state index >= 15 is 0 Å². The molecule has 1 aliphatic rings. The van der Waals surface area contributed by atoms with Crippen molar-refractivity contribution in [3.8, 4) is 5.75 Å². The van der Waals surface area contributed by atoms with Gasteiger partial charge in [-0.2, -0.15) is 0 Å². The van der Waals surface area contributed by atoms with Crippen molar-refractivity contribution >= 4 is 5.95 Å². The summed E-state index contributed by atoms with van der Waals surface area (Å²) in [5.74, 6) is 1.53. The monoisotopic (exact) mass is 313 g/mol. The van der Waals surface area contributed by atoms with Crippen LogP contribution in [-0.4, -0.2) is 29.3 Å². The minimum atomic E-state index is 0.219. The summed E-state index contributed by atoms with van der Waals surface area (Å²) >= 11 is 0. The number of aromatic nitrogens is 2. The molecule has 0 amide bonds. The number of benzene rings is 1. The minimum absolute atomic E-state index is 0.219. The van der Waals surface area contributed by atoms with Crippen molar-refractivity contribution in [2.75, 3.05) is 18.5 Å². The Morgan fingerprint density at radius 1 is 1.22 bits per heavy atom. The number of ether oxygens (including phenoxy) is 2. The molecule has 1 atom stereocenters. The van der Waals surface area contributed by atoms with Crippen molar-refractivity contribution in [2.45, 2.75) is 39.3 Å². The summed E-state index contributed by atoms with van der Waals surface area (Å²) in [6, 6.07) is 6.25. The lowest BCUT2D eigenvalue weighted by Gasteiger charge is -2.16. The van der Waals surface area contributed by atoms with E-state index in [1.54, 1.807) is 12.4 Å². The maximum Gasteiger partial charge on any atom is 0.222 e. The van der Waals surface area contributed by atoms with Crippen LogP contribution < -0.4 is 10.1 Å². The Balaban J connectivity index is 1.64. The van der Waals surface area contributed by atoms with Crippen LogP contribution in [0.15, 0.2) is 30.6 Å². The van der Waals surface area contributed by atoms with E-state index in [4.69, 9.17) is 9.47 Å². The van der Waals surface area contributed by atoms with Crippen LogP contribution in [0.3, 0.4) is 0 Å². The number of rotatable bonds is 6. The van der Waals surface area contributed by atoms with Gasteiger partial charge in [0.25, 0.3) is 0 Å². The molecule has 0 spiro atoms. The van der Waals surface area contributed by atoms with Gasteiger partial charge in [-0.05, 0) is 43.9 Å². The molecule has 1 unspecified atom stereocenters. The molecule has 1 aliphatic heterocycles. The predicted octanol–water partition coefficient (Wildman–Crippen LogP) is 3.26. The van der Waals surface area contributed by atoms with Gasteiger partial charge in [0.05, 0.1) is 6.10 Å². The summed E-state index contributed by atoms with van der Waals surface area (Å²) < 4.78 is 11.6. The summed E-state index contributed by atoms with van der Waals surface area (Å²) in [5.41, 5.74) is 3.33. The van der Waals surface area contributed by atoms with E-state index in [0.29, 0.717) is 19.1 Å². The van der Waals surface area contributed by atoms with E-state index < -0.39 is 0 Å². The molecule has 1 saturated heterocycles. The average molecular weight is 313 g/mol. The zero-order chi connectivity index (χ0) is 16.1. The second kappa shape index (κ2) is 7.42. The fourth-order valence-electron chi connectivity index (χ4n) is 2.56. The van der Waals surface area contributed by atoms with Crippen molar-refractivity contribution in [3.05, 3.63) is 47.3 Å². The third kappa shape index (κ3) is 4.42. The maximum absolute atomic E-state index is 6.00. The van der Waals surface area contributed by atoms with Gasteiger partial charge >= 0.3 is 0 Å². The number of hydrogen-bond donors (Lipinski definition) is 1. The van der Waals surface area contributed by atoms with Crippen molar-refractivity contribution in [1.29, 1.82) is 0 Å². The zero-order valence-electron chi connectivity index (χ0n) is 13.7. The quantitative estimate of drug-likeness (QED) is 0.887. The lowest BCUT2D eigenvalue weighted by molar-refractivity contribution is 0.0676. The highest BCUT2D eigenvalue weighted by molar-refractivity contribution is 5.39. The van der Waals surface area contributed by atoms with Gasteiger partial charge in [-0.3, -0.25) is 0 Å². The Labute approximate surface area is 137 Å². The molecular formula is C18H23N3O2. The molecule has 0 aliphatic carbocycles. The van der Waals surface area contributed by atoms with E-state index in [0.717, 1.165) is 36.3 Å². The van der Waals surface area contributed by atoms with E-state index in [1.165, 1.54) is 5.56 Å². The normalized spacial score (nSPS) is 17.2. The first-order valence-corrected chi connectivity index (χ1v) is 8.07. The van der Waals surface area contributed by atoms with Crippen LogP contribution in [0.4, 0.5) is 5.95 Å². The van der Waals surface area contributed by atoms with Gasteiger partial charge in [0, 0.05) is 31.1 Å². The van der Waals surface area contributed by atoms with Crippen LogP contribution in [0.25, 0.3) is 0 Å². The SMILES string of the molecule is Cc1cnc(NCc2ccc(C)cc2OCC2CCCO2)nc1. The smallest absolute Gasteiger partial charge is 0.222 e. The van der Waals surface area contributed by atoms with Crippen molar-refractivity contribution in [2.24, 2.45) is 0 Å². The van der Waals surface area contributed by atoms with E-state index in [1.807, 2.05) is 6.92 Å². The van der Waals surface area contributed by atoms with Gasteiger partial charge in [-0.25, -0.2) is 9.97 Å². The van der Waals surface area contributed by atoms with E-state index in [9.17, 15) is 0 Å². The van der Waals surface area contributed by atoms with Gasteiger partial charge in [-0.15, -0.1) is 0 Å². The van der Waals surface area contributed by atoms with E-state index in [2.05, 4.69) is 40.4 Å². The van der Waals surface area contributed by atoms with Crippen molar-refractivity contribution in [3.63, 3.8) is 0 Å². The number of nitrogens with one attached hydrogen (secondary N) is 1. The van der Waals surface area contributed by atoms with Crippen LogP contribution in [0.5, 0.6) is 5.75 Å². The lowest BCUT2D eigenvalue weighted by atomic mass is 10.1. The fraction of sp³-hybridized carbons (Fsp3) is 0.444. The molecule has 0 saturated carbocycles. The highest BCUT2D eigenvalue weighted by Crippen LogP contribution is 2.23. The molecule has 0 radical (unpaired) electrons.